The van der Waals surface area contributed by atoms with Crippen LogP contribution in [0.2, 0.25) is 0 Å². The van der Waals surface area contributed by atoms with Gasteiger partial charge >= 0.3 is 0 Å². The van der Waals surface area contributed by atoms with Gasteiger partial charge in [0.15, 0.2) is 5.96 Å². The highest BCUT2D eigenvalue weighted by Crippen LogP contribution is 2.24. The summed E-state index contributed by atoms with van der Waals surface area (Å²) in [7, 11) is 5.59. The number of carbonyl (C=O) groups excluding carboxylic acids is 1. The summed E-state index contributed by atoms with van der Waals surface area (Å²) in [5.74, 6) is 1.51. The zero-order valence-electron chi connectivity index (χ0n) is 19.7. The van der Waals surface area contributed by atoms with Crippen molar-refractivity contribution < 1.29 is 9.53 Å². The molecule has 2 aliphatic heterocycles. The molecule has 1 aromatic heterocycles. The van der Waals surface area contributed by atoms with Crippen molar-refractivity contribution in [3.05, 3.63) is 24.5 Å². The van der Waals surface area contributed by atoms with Crippen LogP contribution >= 0.6 is 24.0 Å². The number of hydrogen-bond donors (Lipinski definition) is 1. The Bertz CT molecular complexity index is 704. The molecule has 180 valence electrons. The highest BCUT2D eigenvalue weighted by Gasteiger charge is 2.21. The van der Waals surface area contributed by atoms with Gasteiger partial charge in [-0.15, -0.1) is 24.0 Å². The van der Waals surface area contributed by atoms with Gasteiger partial charge in [0.05, 0.1) is 6.10 Å². The lowest BCUT2D eigenvalue weighted by atomic mass is 9.93. The van der Waals surface area contributed by atoms with Gasteiger partial charge in [-0.05, 0) is 50.2 Å². The topological polar surface area (TPSA) is 73.3 Å². The molecule has 0 spiro atoms. The number of ether oxygens (including phenoxy) is 1. The van der Waals surface area contributed by atoms with Gasteiger partial charge in [-0.3, -0.25) is 9.78 Å². The Balaban J connectivity index is 0.00000363. The highest BCUT2D eigenvalue weighted by atomic mass is 127. The van der Waals surface area contributed by atoms with E-state index in [0.29, 0.717) is 5.92 Å². The van der Waals surface area contributed by atoms with Crippen LogP contribution in [0.3, 0.4) is 0 Å². The minimum atomic E-state index is 0. The molecule has 1 aromatic rings. The number of rotatable bonds is 8. The van der Waals surface area contributed by atoms with E-state index in [0.717, 1.165) is 58.0 Å². The molecule has 2 fully saturated rings. The molecule has 9 heteroatoms. The van der Waals surface area contributed by atoms with E-state index >= 15 is 0 Å². The fourth-order valence-corrected chi connectivity index (χ4v) is 4.12. The molecule has 32 heavy (non-hydrogen) atoms. The van der Waals surface area contributed by atoms with Crippen LogP contribution in [0.5, 0.6) is 0 Å². The van der Waals surface area contributed by atoms with E-state index in [2.05, 4.69) is 44.3 Å². The second kappa shape index (κ2) is 13.8. The molecule has 1 amide bonds. The molecule has 3 heterocycles. The van der Waals surface area contributed by atoms with Crippen LogP contribution in [-0.2, 0) is 9.53 Å². The van der Waals surface area contributed by atoms with Crippen molar-refractivity contribution in [3.8, 4) is 0 Å². The highest BCUT2D eigenvalue weighted by molar-refractivity contribution is 14.0. The largest absolute Gasteiger partial charge is 0.376 e. The molecule has 2 aliphatic rings. The summed E-state index contributed by atoms with van der Waals surface area (Å²) in [6, 6.07) is 4.18. The summed E-state index contributed by atoms with van der Waals surface area (Å²) < 4.78 is 5.73. The summed E-state index contributed by atoms with van der Waals surface area (Å²) >= 11 is 0. The van der Waals surface area contributed by atoms with Gasteiger partial charge in [-0.25, -0.2) is 4.99 Å². The first-order valence-corrected chi connectivity index (χ1v) is 11.5. The van der Waals surface area contributed by atoms with Gasteiger partial charge in [0.1, 0.15) is 6.54 Å². The number of piperidine rings is 1. The fourth-order valence-electron chi connectivity index (χ4n) is 4.12. The van der Waals surface area contributed by atoms with Crippen molar-refractivity contribution in [1.29, 1.82) is 0 Å². The Morgan fingerprint density at radius 2 is 1.94 bits per heavy atom. The number of anilines is 1. The molecule has 2 saturated heterocycles. The van der Waals surface area contributed by atoms with E-state index in [1.165, 1.54) is 18.5 Å². The number of nitrogens with zero attached hydrogens (tertiary/aromatic N) is 5. The second-order valence-corrected chi connectivity index (χ2v) is 8.79. The molecule has 8 nitrogen and oxygen atoms in total. The minimum Gasteiger partial charge on any atom is -0.376 e. The predicted molar refractivity (Wildman–Crippen MR) is 140 cm³/mol. The summed E-state index contributed by atoms with van der Waals surface area (Å²) in [6.45, 7) is 4.85. The third-order valence-electron chi connectivity index (χ3n) is 6.25. The molecule has 0 aliphatic carbocycles. The molecule has 1 N–H and O–H groups in total. The lowest BCUT2D eigenvalue weighted by Gasteiger charge is -2.34. The maximum absolute atomic E-state index is 12.0. The smallest absolute Gasteiger partial charge is 0.243 e. The molecular formula is C23H39IN6O2. The van der Waals surface area contributed by atoms with Crippen LogP contribution in [0.1, 0.15) is 32.1 Å². The van der Waals surface area contributed by atoms with Crippen LogP contribution < -0.4 is 10.2 Å². The van der Waals surface area contributed by atoms with Crippen molar-refractivity contribution in [2.75, 3.05) is 65.4 Å². The first-order chi connectivity index (χ1) is 15.0. The first kappa shape index (κ1) is 26.6. The minimum absolute atomic E-state index is 0. The number of amides is 1. The summed E-state index contributed by atoms with van der Waals surface area (Å²) in [6.07, 6.45) is 9.69. The van der Waals surface area contributed by atoms with E-state index in [-0.39, 0.29) is 42.5 Å². The predicted octanol–water partition coefficient (Wildman–Crippen LogP) is 2.45. The Labute approximate surface area is 209 Å². The Morgan fingerprint density at radius 3 is 2.56 bits per heavy atom. The van der Waals surface area contributed by atoms with Gasteiger partial charge in [-0.1, -0.05) is 0 Å². The van der Waals surface area contributed by atoms with Crippen molar-refractivity contribution >= 4 is 41.5 Å². The van der Waals surface area contributed by atoms with E-state index in [1.54, 1.807) is 19.0 Å². The van der Waals surface area contributed by atoms with E-state index < -0.39 is 0 Å². The number of aromatic nitrogens is 1. The summed E-state index contributed by atoms with van der Waals surface area (Å²) in [5, 5.41) is 3.44. The number of guanidine groups is 1. The molecule has 0 bridgehead atoms. The first-order valence-electron chi connectivity index (χ1n) is 11.5. The molecule has 0 radical (unpaired) electrons. The lowest BCUT2D eigenvalue weighted by molar-refractivity contribution is -0.127. The second-order valence-electron chi connectivity index (χ2n) is 8.79. The quantitative estimate of drug-likeness (QED) is 0.300. The van der Waals surface area contributed by atoms with Gasteiger partial charge < -0.3 is 24.8 Å². The molecule has 3 rings (SSSR count). The maximum Gasteiger partial charge on any atom is 0.243 e. The van der Waals surface area contributed by atoms with Crippen molar-refractivity contribution in [1.82, 2.24) is 20.1 Å². The lowest BCUT2D eigenvalue weighted by Crippen LogP contribution is -2.44. The average Bonchev–Trinajstić information content (AvgIpc) is 3.32. The van der Waals surface area contributed by atoms with Crippen molar-refractivity contribution in [3.63, 3.8) is 0 Å². The maximum atomic E-state index is 12.0. The van der Waals surface area contributed by atoms with E-state index in [9.17, 15) is 4.79 Å². The third kappa shape index (κ3) is 8.38. The zero-order valence-corrected chi connectivity index (χ0v) is 22.0. The fraction of sp³-hybridized carbons (Fsp3) is 0.696. The molecule has 1 atom stereocenters. The standard InChI is InChI=1S/C23H38N6O2.HI/c1-27(2)22(30)18-26-23(25-17-21-5-4-16-31-21)28(3)13-8-19-9-14-29(15-10-19)20-6-11-24-12-7-20;/h6-7,11-12,19,21H,4-5,8-10,13-18H2,1-3H3,(H,25,26);1H. The Hall–Kier alpha value is -1.62. The SMILES string of the molecule is CN(C)C(=O)CN=C(NCC1CCCO1)N(C)CCC1CCN(c2ccncc2)CC1.I. The van der Waals surface area contributed by atoms with Gasteiger partial charge in [-0.2, -0.15) is 0 Å². The molecule has 0 saturated carbocycles. The van der Waals surface area contributed by atoms with Crippen LogP contribution in [0.25, 0.3) is 0 Å². The monoisotopic (exact) mass is 558 g/mol. The number of halogens is 1. The number of likely N-dealkylation sites (N-methyl/N-ethyl adjacent to an activating group) is 1. The van der Waals surface area contributed by atoms with Crippen LogP contribution in [0, 0.1) is 5.92 Å². The van der Waals surface area contributed by atoms with Crippen LogP contribution in [0.15, 0.2) is 29.5 Å². The average molecular weight is 559 g/mol. The van der Waals surface area contributed by atoms with Gasteiger partial charge in [0.25, 0.3) is 0 Å². The third-order valence-corrected chi connectivity index (χ3v) is 6.25. The normalized spacial score (nSPS) is 19.4. The number of pyridine rings is 1. The molecular weight excluding hydrogens is 519 g/mol. The van der Waals surface area contributed by atoms with E-state index in [1.807, 2.05) is 12.4 Å². The number of hydrogen-bond acceptors (Lipinski definition) is 5. The number of carbonyl (C=O) groups is 1. The Kier molecular flexibility index (Phi) is 11.5. The van der Waals surface area contributed by atoms with Gasteiger partial charge in [0.2, 0.25) is 5.91 Å². The number of nitrogens with one attached hydrogen (secondary N) is 1. The molecule has 0 aromatic carbocycles. The van der Waals surface area contributed by atoms with Crippen LogP contribution in [-0.4, -0.2) is 93.2 Å². The van der Waals surface area contributed by atoms with E-state index in [4.69, 9.17) is 4.74 Å². The zero-order chi connectivity index (χ0) is 22.1. The van der Waals surface area contributed by atoms with Crippen molar-refractivity contribution in [2.45, 2.75) is 38.2 Å². The van der Waals surface area contributed by atoms with Crippen molar-refractivity contribution in [2.24, 2.45) is 10.9 Å². The molecule has 1 unspecified atom stereocenters. The summed E-state index contributed by atoms with van der Waals surface area (Å²) in [5.41, 5.74) is 1.27. The van der Waals surface area contributed by atoms with Gasteiger partial charge in [0, 0.05) is 72.0 Å². The Morgan fingerprint density at radius 1 is 1.22 bits per heavy atom. The van der Waals surface area contributed by atoms with Crippen LogP contribution in [0.4, 0.5) is 5.69 Å². The summed E-state index contributed by atoms with van der Waals surface area (Å²) in [4.78, 5) is 26.9. The number of aliphatic imine (C=N–C) groups is 1.